The van der Waals surface area contributed by atoms with E-state index in [2.05, 4.69) is 34.6 Å². The lowest BCUT2D eigenvalue weighted by Crippen LogP contribution is -2.04. The summed E-state index contributed by atoms with van der Waals surface area (Å²) in [5.41, 5.74) is 7.84. The van der Waals surface area contributed by atoms with Crippen LogP contribution in [0.15, 0.2) is 28.7 Å². The molecule has 0 amide bonds. The maximum atomic E-state index is 5.63. The van der Waals surface area contributed by atoms with Crippen LogP contribution in [0, 0.1) is 0 Å². The van der Waals surface area contributed by atoms with Crippen molar-refractivity contribution in [3.63, 3.8) is 0 Å². The maximum Gasteiger partial charge on any atom is 0.320 e. The van der Waals surface area contributed by atoms with Crippen LogP contribution in [0.3, 0.4) is 0 Å². The topological polar surface area (TPSA) is 77.0 Å². The van der Waals surface area contributed by atoms with Crippen LogP contribution in [0.2, 0.25) is 0 Å². The lowest BCUT2D eigenvalue weighted by atomic mass is 10.1. The lowest BCUT2D eigenvalue weighted by molar-refractivity contribution is 0.475. The quantitative estimate of drug-likeness (QED) is 0.846. The van der Waals surface area contributed by atoms with Gasteiger partial charge in [-0.3, -0.25) is 0 Å². The summed E-state index contributed by atoms with van der Waals surface area (Å²) < 4.78 is 5.35. The normalized spacial score (nSPS) is 12.4. The average molecular weight is 232 g/mol. The van der Waals surface area contributed by atoms with Crippen LogP contribution >= 0.6 is 0 Å². The summed E-state index contributed by atoms with van der Waals surface area (Å²) in [6.45, 7) is 3.92. The highest BCUT2D eigenvalue weighted by Crippen LogP contribution is 2.17. The van der Waals surface area contributed by atoms with Gasteiger partial charge in [0.05, 0.1) is 6.04 Å². The molecule has 1 aromatic carbocycles. The minimum atomic E-state index is -0.250. The molecule has 5 nitrogen and oxygen atoms in total. The van der Waals surface area contributed by atoms with E-state index in [4.69, 9.17) is 10.2 Å². The summed E-state index contributed by atoms with van der Waals surface area (Å²) in [5, 5.41) is 10.7. The highest BCUT2D eigenvalue weighted by Gasteiger charge is 2.09. The van der Waals surface area contributed by atoms with Gasteiger partial charge in [0.25, 0.3) is 0 Å². The molecule has 5 heteroatoms. The van der Waals surface area contributed by atoms with Crippen LogP contribution in [0.5, 0.6) is 0 Å². The maximum absolute atomic E-state index is 5.63. The number of hydrogen-bond donors (Lipinski definition) is 2. The minimum Gasteiger partial charge on any atom is -0.406 e. The number of anilines is 2. The van der Waals surface area contributed by atoms with Crippen molar-refractivity contribution < 1.29 is 4.42 Å². The van der Waals surface area contributed by atoms with E-state index in [1.54, 1.807) is 6.92 Å². The molecule has 90 valence electrons. The van der Waals surface area contributed by atoms with E-state index in [1.807, 2.05) is 12.1 Å². The lowest BCUT2D eigenvalue weighted by Gasteiger charge is -2.02. The first-order chi connectivity index (χ1) is 8.19. The molecule has 1 aromatic heterocycles. The molecular formula is C12H16N4O. The fraction of sp³-hybridized carbons (Fsp3) is 0.333. The first-order valence-corrected chi connectivity index (χ1v) is 5.64. The largest absolute Gasteiger partial charge is 0.406 e. The second kappa shape index (κ2) is 4.97. The Balaban J connectivity index is 2.08. The number of nitrogens with zero attached hydrogens (tertiary/aromatic N) is 2. The van der Waals surface area contributed by atoms with Gasteiger partial charge in [0, 0.05) is 5.69 Å². The van der Waals surface area contributed by atoms with Crippen LogP contribution in [0.25, 0.3) is 0 Å². The summed E-state index contributed by atoms with van der Waals surface area (Å²) in [5.74, 6) is 0.428. The van der Waals surface area contributed by atoms with Crippen LogP contribution in [-0.2, 0) is 6.42 Å². The van der Waals surface area contributed by atoms with E-state index in [0.717, 1.165) is 12.1 Å². The van der Waals surface area contributed by atoms with Gasteiger partial charge < -0.3 is 15.5 Å². The Morgan fingerprint density at radius 2 is 2.00 bits per heavy atom. The second-order valence-electron chi connectivity index (χ2n) is 3.91. The number of rotatable bonds is 4. The van der Waals surface area contributed by atoms with Gasteiger partial charge in [-0.1, -0.05) is 24.2 Å². The molecule has 2 aromatic rings. The molecule has 0 saturated carbocycles. The number of nitrogens with two attached hydrogens (primary N) is 1. The van der Waals surface area contributed by atoms with Gasteiger partial charge in [-0.05, 0) is 31.0 Å². The van der Waals surface area contributed by atoms with Gasteiger partial charge in [0.1, 0.15) is 0 Å². The van der Waals surface area contributed by atoms with Crippen LogP contribution in [-0.4, -0.2) is 10.2 Å². The average Bonchev–Trinajstić information content (AvgIpc) is 2.79. The molecule has 0 spiro atoms. The zero-order valence-corrected chi connectivity index (χ0v) is 9.97. The Bertz CT molecular complexity index is 476. The van der Waals surface area contributed by atoms with Crippen LogP contribution < -0.4 is 11.1 Å². The van der Waals surface area contributed by atoms with Crippen molar-refractivity contribution in [3.05, 3.63) is 35.7 Å². The van der Waals surface area contributed by atoms with Crippen LogP contribution in [0.4, 0.5) is 11.7 Å². The summed E-state index contributed by atoms with van der Waals surface area (Å²) in [6, 6.07) is 8.20. The van der Waals surface area contributed by atoms with Crippen molar-refractivity contribution in [2.75, 3.05) is 5.32 Å². The Morgan fingerprint density at radius 1 is 1.29 bits per heavy atom. The number of nitrogens with one attached hydrogen (secondary N) is 1. The van der Waals surface area contributed by atoms with Crippen molar-refractivity contribution in [1.82, 2.24) is 10.2 Å². The molecule has 0 aliphatic rings. The molecule has 0 aliphatic carbocycles. The predicted molar refractivity (Wildman–Crippen MR) is 66.0 cm³/mol. The third-order valence-electron chi connectivity index (χ3n) is 2.44. The molecule has 0 fully saturated rings. The number of aromatic nitrogens is 2. The SMILES string of the molecule is CCc1ccc(Nc2nnc(C(C)N)o2)cc1. The standard InChI is InChI=1S/C12H16N4O/c1-3-9-4-6-10(7-5-9)14-12-16-15-11(17-12)8(2)13/h4-8H,3,13H2,1-2H3,(H,14,16). The number of hydrogen-bond acceptors (Lipinski definition) is 5. The molecule has 0 saturated heterocycles. The first-order valence-electron chi connectivity index (χ1n) is 5.64. The van der Waals surface area contributed by atoms with Gasteiger partial charge in [0.15, 0.2) is 0 Å². The molecule has 1 unspecified atom stereocenters. The van der Waals surface area contributed by atoms with Gasteiger partial charge >= 0.3 is 6.01 Å². The molecule has 2 rings (SSSR count). The zero-order valence-electron chi connectivity index (χ0n) is 9.97. The molecule has 1 atom stereocenters. The third-order valence-corrected chi connectivity index (χ3v) is 2.44. The summed E-state index contributed by atoms with van der Waals surface area (Å²) in [7, 11) is 0. The Morgan fingerprint density at radius 3 is 2.53 bits per heavy atom. The second-order valence-corrected chi connectivity index (χ2v) is 3.91. The fourth-order valence-electron chi connectivity index (χ4n) is 1.42. The minimum absolute atomic E-state index is 0.250. The first kappa shape index (κ1) is 11.6. The van der Waals surface area contributed by atoms with Crippen LogP contribution in [0.1, 0.15) is 31.3 Å². The Hall–Kier alpha value is -1.88. The summed E-state index contributed by atoms with van der Waals surface area (Å²) in [4.78, 5) is 0. The smallest absolute Gasteiger partial charge is 0.320 e. The van der Waals surface area contributed by atoms with E-state index in [1.165, 1.54) is 5.56 Å². The number of aryl methyl sites for hydroxylation is 1. The predicted octanol–water partition coefficient (Wildman–Crippen LogP) is 2.40. The molecule has 3 N–H and O–H groups in total. The monoisotopic (exact) mass is 232 g/mol. The summed E-state index contributed by atoms with van der Waals surface area (Å²) >= 11 is 0. The van der Waals surface area contributed by atoms with Crippen molar-refractivity contribution >= 4 is 11.7 Å². The van der Waals surface area contributed by atoms with E-state index >= 15 is 0 Å². The zero-order chi connectivity index (χ0) is 12.3. The van der Waals surface area contributed by atoms with E-state index in [0.29, 0.717) is 11.9 Å². The molecule has 0 aliphatic heterocycles. The Kier molecular flexibility index (Phi) is 3.39. The van der Waals surface area contributed by atoms with Gasteiger partial charge in [-0.25, -0.2) is 0 Å². The van der Waals surface area contributed by atoms with E-state index < -0.39 is 0 Å². The van der Waals surface area contributed by atoms with Gasteiger partial charge in [0.2, 0.25) is 5.89 Å². The highest BCUT2D eigenvalue weighted by atomic mass is 16.4. The molecule has 17 heavy (non-hydrogen) atoms. The molecule has 1 heterocycles. The van der Waals surface area contributed by atoms with Gasteiger partial charge in [-0.2, -0.15) is 0 Å². The van der Waals surface area contributed by atoms with Crippen molar-refractivity contribution in [3.8, 4) is 0 Å². The molecule has 0 bridgehead atoms. The number of benzene rings is 1. The van der Waals surface area contributed by atoms with E-state index in [9.17, 15) is 0 Å². The summed E-state index contributed by atoms with van der Waals surface area (Å²) in [6.07, 6.45) is 1.02. The molecular weight excluding hydrogens is 216 g/mol. The van der Waals surface area contributed by atoms with Crippen molar-refractivity contribution in [2.24, 2.45) is 5.73 Å². The molecule has 0 radical (unpaired) electrons. The van der Waals surface area contributed by atoms with E-state index in [-0.39, 0.29) is 6.04 Å². The third kappa shape index (κ3) is 2.82. The van der Waals surface area contributed by atoms with Crippen molar-refractivity contribution in [1.29, 1.82) is 0 Å². The Labute approximate surface area is 100 Å². The van der Waals surface area contributed by atoms with Crippen molar-refractivity contribution in [2.45, 2.75) is 26.3 Å². The van der Waals surface area contributed by atoms with Gasteiger partial charge in [-0.15, -0.1) is 5.10 Å². The highest BCUT2D eigenvalue weighted by molar-refractivity contribution is 5.52. The fourth-order valence-corrected chi connectivity index (χ4v) is 1.42.